The second-order valence-corrected chi connectivity index (χ2v) is 11.2. The van der Waals surface area contributed by atoms with E-state index < -0.39 is 0 Å². The molecule has 0 saturated carbocycles. The molecule has 0 bridgehead atoms. The predicted molar refractivity (Wildman–Crippen MR) is 154 cm³/mol. The lowest BCUT2D eigenvalue weighted by atomic mass is 10.0. The van der Waals surface area contributed by atoms with Gasteiger partial charge in [0.05, 0.1) is 28.1 Å². The summed E-state index contributed by atoms with van der Waals surface area (Å²) in [6.07, 6.45) is 0.674. The highest BCUT2D eigenvalue weighted by molar-refractivity contribution is 7.99. The molecular formula is C27H29ClN6O2S2. The van der Waals surface area contributed by atoms with Crippen molar-refractivity contribution in [2.45, 2.75) is 44.9 Å². The van der Waals surface area contributed by atoms with E-state index in [1.807, 2.05) is 47.2 Å². The summed E-state index contributed by atoms with van der Waals surface area (Å²) >= 11 is 8.92. The Morgan fingerprint density at radius 2 is 1.82 bits per heavy atom. The molecule has 4 aromatic rings. The second kappa shape index (κ2) is 13.0. The molecule has 11 heteroatoms. The zero-order chi connectivity index (χ0) is 27.1. The molecule has 2 aromatic carbocycles. The maximum absolute atomic E-state index is 13.0. The van der Waals surface area contributed by atoms with E-state index in [4.69, 9.17) is 11.6 Å². The first-order chi connectivity index (χ1) is 18.4. The summed E-state index contributed by atoms with van der Waals surface area (Å²) < 4.78 is 1.94. The van der Waals surface area contributed by atoms with Crippen LogP contribution in [0.15, 0.2) is 65.1 Å². The highest BCUT2D eigenvalue weighted by atomic mass is 35.5. The number of amides is 2. The van der Waals surface area contributed by atoms with Gasteiger partial charge in [0.2, 0.25) is 5.91 Å². The number of thiazole rings is 1. The number of halogens is 1. The monoisotopic (exact) mass is 568 g/mol. The average molecular weight is 569 g/mol. The molecule has 2 aromatic heterocycles. The maximum Gasteiger partial charge on any atom is 0.253 e. The molecule has 4 rings (SSSR count). The lowest BCUT2D eigenvalue weighted by molar-refractivity contribution is -0.113. The van der Waals surface area contributed by atoms with Crippen LogP contribution >= 0.6 is 34.7 Å². The van der Waals surface area contributed by atoms with Gasteiger partial charge in [-0.05, 0) is 31.4 Å². The van der Waals surface area contributed by atoms with Crippen molar-refractivity contribution < 1.29 is 9.59 Å². The van der Waals surface area contributed by atoms with Crippen molar-refractivity contribution in [3.05, 3.63) is 76.4 Å². The smallest absolute Gasteiger partial charge is 0.253 e. The van der Waals surface area contributed by atoms with Crippen molar-refractivity contribution in [1.29, 1.82) is 0 Å². The molecular weight excluding hydrogens is 540 g/mol. The fourth-order valence-electron chi connectivity index (χ4n) is 3.90. The van der Waals surface area contributed by atoms with E-state index in [2.05, 4.69) is 39.7 Å². The lowest BCUT2D eigenvalue weighted by Crippen LogP contribution is -2.31. The van der Waals surface area contributed by atoms with Crippen LogP contribution in [0.2, 0.25) is 5.02 Å². The molecule has 0 fully saturated rings. The maximum atomic E-state index is 13.0. The second-order valence-electron chi connectivity index (χ2n) is 8.96. The summed E-state index contributed by atoms with van der Waals surface area (Å²) in [5.41, 5.74) is 2.23. The number of nitrogens with zero attached hydrogens (tertiary/aromatic N) is 4. The predicted octanol–water partition coefficient (Wildman–Crippen LogP) is 6.32. The number of nitrogens with one attached hydrogen (secondary N) is 2. The third-order valence-corrected chi connectivity index (χ3v) is 7.71. The number of anilines is 1. The first kappa shape index (κ1) is 27.8. The molecule has 0 aliphatic heterocycles. The number of carbonyl (C=O) groups is 2. The van der Waals surface area contributed by atoms with Crippen molar-refractivity contribution in [1.82, 2.24) is 25.1 Å². The van der Waals surface area contributed by atoms with E-state index in [9.17, 15) is 9.59 Å². The number of aromatic nitrogens is 4. The standard InChI is InChI=1S/C27H29ClN6O2S2/c1-4-34-24(21(14-17(2)3)29-25(36)19-12-8-9-13-20(19)28)32-33-27(34)38-16-23(35)31-26-30-22(15-37-26)18-10-6-5-7-11-18/h5-13,15,17,21H,4,14,16H2,1-3H3,(H,29,36)(H,30,31,35)/t21-/m1/s1. The van der Waals surface area contributed by atoms with Gasteiger partial charge in [0.25, 0.3) is 5.91 Å². The summed E-state index contributed by atoms with van der Waals surface area (Å²) in [6.45, 7) is 6.75. The minimum absolute atomic E-state index is 0.152. The molecule has 2 amide bonds. The van der Waals surface area contributed by atoms with E-state index in [0.29, 0.717) is 45.6 Å². The van der Waals surface area contributed by atoms with Crippen LogP contribution < -0.4 is 10.6 Å². The van der Waals surface area contributed by atoms with Crippen molar-refractivity contribution in [2.75, 3.05) is 11.1 Å². The molecule has 1 atom stereocenters. The summed E-state index contributed by atoms with van der Waals surface area (Å²) in [4.78, 5) is 30.2. The molecule has 8 nitrogen and oxygen atoms in total. The lowest BCUT2D eigenvalue weighted by Gasteiger charge is -2.21. The van der Waals surface area contributed by atoms with Gasteiger partial charge in [-0.3, -0.25) is 9.59 Å². The Labute approximate surface area is 235 Å². The molecule has 0 aliphatic carbocycles. The van der Waals surface area contributed by atoms with Crippen LogP contribution in [0.25, 0.3) is 11.3 Å². The van der Waals surface area contributed by atoms with Crippen LogP contribution in [0.1, 0.15) is 49.4 Å². The zero-order valence-electron chi connectivity index (χ0n) is 21.3. The Kier molecular flexibility index (Phi) is 9.54. The Bertz CT molecular complexity index is 1390. The van der Waals surface area contributed by atoms with E-state index in [1.54, 1.807) is 24.3 Å². The minimum atomic E-state index is -0.360. The van der Waals surface area contributed by atoms with E-state index >= 15 is 0 Å². The Hall–Kier alpha value is -3.21. The van der Waals surface area contributed by atoms with Crippen molar-refractivity contribution in [3.8, 4) is 11.3 Å². The number of carbonyl (C=O) groups excluding carboxylic acids is 2. The van der Waals surface area contributed by atoms with Crippen LogP contribution in [0.4, 0.5) is 5.13 Å². The van der Waals surface area contributed by atoms with Gasteiger partial charge in [-0.1, -0.05) is 79.7 Å². The highest BCUT2D eigenvalue weighted by Crippen LogP contribution is 2.27. The number of hydrogen-bond donors (Lipinski definition) is 2. The highest BCUT2D eigenvalue weighted by Gasteiger charge is 2.25. The molecule has 198 valence electrons. The van der Waals surface area contributed by atoms with Crippen molar-refractivity contribution >= 4 is 51.6 Å². The van der Waals surface area contributed by atoms with Gasteiger partial charge in [0.15, 0.2) is 16.1 Å². The topological polar surface area (TPSA) is 102 Å². The van der Waals surface area contributed by atoms with Gasteiger partial charge >= 0.3 is 0 Å². The average Bonchev–Trinajstić information content (AvgIpc) is 3.54. The fraction of sp³-hybridized carbons (Fsp3) is 0.296. The van der Waals surface area contributed by atoms with Crippen LogP contribution in [0, 0.1) is 5.92 Å². The molecule has 0 saturated heterocycles. The Balaban J connectivity index is 1.43. The van der Waals surface area contributed by atoms with E-state index in [0.717, 1.165) is 11.3 Å². The first-order valence-electron chi connectivity index (χ1n) is 12.3. The van der Waals surface area contributed by atoms with Gasteiger partial charge in [0, 0.05) is 17.5 Å². The van der Waals surface area contributed by atoms with Crippen LogP contribution in [-0.4, -0.2) is 37.3 Å². The van der Waals surface area contributed by atoms with Gasteiger partial charge in [0.1, 0.15) is 0 Å². The van der Waals surface area contributed by atoms with E-state index in [-0.39, 0.29) is 23.6 Å². The summed E-state index contributed by atoms with van der Waals surface area (Å²) in [7, 11) is 0. The molecule has 38 heavy (non-hydrogen) atoms. The summed E-state index contributed by atoms with van der Waals surface area (Å²) in [5, 5.41) is 18.2. The SMILES string of the molecule is CCn1c(SCC(=O)Nc2nc(-c3ccccc3)cs2)nnc1[C@@H](CC(C)C)NC(=O)c1ccccc1Cl. The largest absolute Gasteiger partial charge is 0.342 e. The quantitative estimate of drug-likeness (QED) is 0.205. The van der Waals surface area contributed by atoms with Crippen LogP contribution in [-0.2, 0) is 11.3 Å². The van der Waals surface area contributed by atoms with Crippen molar-refractivity contribution in [3.63, 3.8) is 0 Å². The molecule has 0 radical (unpaired) electrons. The Morgan fingerprint density at radius 1 is 1.08 bits per heavy atom. The zero-order valence-corrected chi connectivity index (χ0v) is 23.7. The van der Waals surface area contributed by atoms with Gasteiger partial charge < -0.3 is 15.2 Å². The Morgan fingerprint density at radius 3 is 2.53 bits per heavy atom. The number of benzene rings is 2. The third-order valence-electron chi connectivity index (χ3n) is 5.66. The number of hydrogen-bond acceptors (Lipinski definition) is 7. The molecule has 0 aliphatic rings. The van der Waals surface area contributed by atoms with Crippen molar-refractivity contribution in [2.24, 2.45) is 5.92 Å². The third kappa shape index (κ3) is 7.00. The summed E-state index contributed by atoms with van der Waals surface area (Å²) in [5.74, 6) is 0.659. The number of thioether (sulfide) groups is 1. The fourth-order valence-corrected chi connectivity index (χ4v) is 5.67. The van der Waals surface area contributed by atoms with E-state index in [1.165, 1.54) is 23.1 Å². The van der Waals surface area contributed by atoms with Gasteiger partial charge in [-0.2, -0.15) is 0 Å². The van der Waals surface area contributed by atoms with Gasteiger partial charge in [-0.15, -0.1) is 21.5 Å². The molecule has 2 heterocycles. The number of rotatable bonds is 11. The molecule has 0 unspecified atom stereocenters. The molecule has 2 N–H and O–H groups in total. The minimum Gasteiger partial charge on any atom is -0.342 e. The normalized spacial score (nSPS) is 11.9. The summed E-state index contributed by atoms with van der Waals surface area (Å²) in [6, 6.07) is 16.4. The van der Waals surface area contributed by atoms with Crippen LogP contribution in [0.3, 0.4) is 0 Å². The van der Waals surface area contributed by atoms with Crippen LogP contribution in [0.5, 0.6) is 0 Å². The first-order valence-corrected chi connectivity index (χ1v) is 14.5. The molecule has 0 spiro atoms. The van der Waals surface area contributed by atoms with Gasteiger partial charge in [-0.25, -0.2) is 4.98 Å².